The molecule has 2 aliphatic rings. The minimum atomic E-state index is 0.411. The average molecular weight is 141 g/mol. The second-order valence-electron chi connectivity index (χ2n) is 3.45. The molecule has 0 aromatic carbocycles. The molecule has 0 aromatic heterocycles. The molecule has 2 rings (SSSR count). The summed E-state index contributed by atoms with van der Waals surface area (Å²) in [6.45, 7) is 5.37. The highest BCUT2D eigenvalue weighted by molar-refractivity contribution is 5.04. The monoisotopic (exact) mass is 141 g/mol. The van der Waals surface area contributed by atoms with Crippen LogP contribution in [0.1, 0.15) is 19.8 Å². The minimum Gasteiger partial charge on any atom is -0.379 e. The molecule has 2 aliphatic heterocycles. The van der Waals surface area contributed by atoms with Gasteiger partial charge in [0, 0.05) is 11.5 Å². The molecule has 2 heterocycles. The lowest BCUT2D eigenvalue weighted by atomic mass is 9.77. The third-order valence-electron chi connectivity index (χ3n) is 3.00. The van der Waals surface area contributed by atoms with Crippen molar-refractivity contribution in [2.24, 2.45) is 5.92 Å². The summed E-state index contributed by atoms with van der Waals surface area (Å²) in [6, 6.07) is 0. The second-order valence-corrected chi connectivity index (χ2v) is 3.45. The van der Waals surface area contributed by atoms with Crippen molar-refractivity contribution in [2.45, 2.75) is 25.3 Å². The molecule has 2 atom stereocenters. The van der Waals surface area contributed by atoms with E-state index in [1.807, 2.05) is 0 Å². The van der Waals surface area contributed by atoms with Crippen LogP contribution in [0.3, 0.4) is 0 Å². The van der Waals surface area contributed by atoms with E-state index in [9.17, 15) is 0 Å². The van der Waals surface area contributed by atoms with Crippen LogP contribution in [0.15, 0.2) is 0 Å². The average Bonchev–Trinajstić information content (AvgIpc) is 2.27. The van der Waals surface area contributed by atoms with Crippen LogP contribution >= 0.6 is 0 Å². The first-order valence-electron chi connectivity index (χ1n) is 4.20. The lowest BCUT2D eigenvalue weighted by Crippen LogP contribution is -2.61. The van der Waals surface area contributed by atoms with Gasteiger partial charge < -0.3 is 10.1 Å². The Morgan fingerprint density at radius 1 is 1.70 bits per heavy atom. The molecule has 10 heavy (non-hydrogen) atoms. The topological polar surface area (TPSA) is 21.3 Å². The predicted octanol–water partition coefficient (Wildman–Crippen LogP) is 0.775. The van der Waals surface area contributed by atoms with Crippen molar-refractivity contribution in [1.82, 2.24) is 5.32 Å². The van der Waals surface area contributed by atoms with Crippen molar-refractivity contribution >= 4 is 0 Å². The molecule has 0 bridgehead atoms. The molecule has 0 aliphatic carbocycles. The fourth-order valence-corrected chi connectivity index (χ4v) is 2.09. The summed E-state index contributed by atoms with van der Waals surface area (Å²) in [5.41, 5.74) is 0.411. The zero-order valence-corrected chi connectivity index (χ0v) is 6.52. The zero-order chi connectivity index (χ0) is 7.03. The first-order valence-corrected chi connectivity index (χ1v) is 4.20. The maximum absolute atomic E-state index is 5.44. The molecule has 2 saturated heterocycles. The molecule has 0 saturated carbocycles. The minimum absolute atomic E-state index is 0.411. The lowest BCUT2D eigenvalue weighted by molar-refractivity contribution is 0.126. The molecule has 58 valence electrons. The maximum atomic E-state index is 5.44. The van der Waals surface area contributed by atoms with Gasteiger partial charge in [0.15, 0.2) is 0 Å². The molecule has 1 spiro atoms. The number of hydrogen-bond acceptors (Lipinski definition) is 2. The van der Waals surface area contributed by atoms with Gasteiger partial charge >= 0.3 is 0 Å². The normalized spacial score (nSPS) is 45.9. The van der Waals surface area contributed by atoms with Gasteiger partial charge in [-0.2, -0.15) is 0 Å². The third kappa shape index (κ3) is 0.722. The smallest absolute Gasteiger partial charge is 0.0652 e. The summed E-state index contributed by atoms with van der Waals surface area (Å²) in [5.74, 6) is 0.779. The molecule has 1 N–H and O–H groups in total. The van der Waals surface area contributed by atoms with Gasteiger partial charge in [-0.05, 0) is 19.4 Å². The van der Waals surface area contributed by atoms with Crippen LogP contribution in [0.2, 0.25) is 0 Å². The molecular weight excluding hydrogens is 126 g/mol. The highest BCUT2D eigenvalue weighted by Gasteiger charge is 2.46. The molecule has 0 radical (unpaired) electrons. The van der Waals surface area contributed by atoms with E-state index in [0.29, 0.717) is 5.54 Å². The molecule has 2 heteroatoms. The van der Waals surface area contributed by atoms with Gasteiger partial charge in [0.25, 0.3) is 0 Å². The van der Waals surface area contributed by atoms with E-state index in [1.165, 1.54) is 19.4 Å². The number of rotatable bonds is 1. The van der Waals surface area contributed by atoms with Crippen molar-refractivity contribution < 1.29 is 4.74 Å². The van der Waals surface area contributed by atoms with Gasteiger partial charge in [0.1, 0.15) is 0 Å². The van der Waals surface area contributed by atoms with Gasteiger partial charge in [0.05, 0.1) is 13.2 Å². The Kier molecular flexibility index (Phi) is 1.46. The van der Waals surface area contributed by atoms with E-state index in [1.54, 1.807) is 0 Å². The first-order chi connectivity index (χ1) is 4.87. The van der Waals surface area contributed by atoms with Gasteiger partial charge in [0.2, 0.25) is 0 Å². The predicted molar refractivity (Wildman–Crippen MR) is 40.0 cm³/mol. The second kappa shape index (κ2) is 2.21. The molecule has 2 fully saturated rings. The van der Waals surface area contributed by atoms with Crippen LogP contribution in [0.5, 0.6) is 0 Å². The summed E-state index contributed by atoms with van der Waals surface area (Å²) in [7, 11) is 0. The SMILES string of the molecule is CCC1COCC12CCN2. The molecular formula is C8H15NO. The number of nitrogens with one attached hydrogen (secondary N) is 1. The fraction of sp³-hybridized carbons (Fsp3) is 1.00. The van der Waals surface area contributed by atoms with Crippen LogP contribution in [0.25, 0.3) is 0 Å². The Bertz CT molecular complexity index is 131. The highest BCUT2D eigenvalue weighted by atomic mass is 16.5. The zero-order valence-electron chi connectivity index (χ0n) is 6.52. The van der Waals surface area contributed by atoms with Gasteiger partial charge in [-0.15, -0.1) is 0 Å². The number of ether oxygens (including phenoxy) is 1. The van der Waals surface area contributed by atoms with Crippen LogP contribution in [-0.4, -0.2) is 25.3 Å². The van der Waals surface area contributed by atoms with Crippen LogP contribution in [0.4, 0.5) is 0 Å². The standard InChI is InChI=1S/C8H15NO/c1-2-7-5-10-6-8(7)3-4-9-8/h7,9H,2-6H2,1H3. The van der Waals surface area contributed by atoms with Gasteiger partial charge in [-0.3, -0.25) is 0 Å². The van der Waals surface area contributed by atoms with Crippen molar-refractivity contribution in [3.8, 4) is 0 Å². The summed E-state index contributed by atoms with van der Waals surface area (Å²) in [4.78, 5) is 0. The van der Waals surface area contributed by atoms with E-state index in [-0.39, 0.29) is 0 Å². The maximum Gasteiger partial charge on any atom is 0.0652 e. The largest absolute Gasteiger partial charge is 0.379 e. The third-order valence-corrected chi connectivity index (χ3v) is 3.00. The van der Waals surface area contributed by atoms with Crippen LogP contribution in [-0.2, 0) is 4.74 Å². The number of hydrogen-bond donors (Lipinski definition) is 1. The summed E-state index contributed by atoms with van der Waals surface area (Å²) in [5, 5.41) is 3.50. The Balaban J connectivity index is 2.05. The Morgan fingerprint density at radius 2 is 2.50 bits per heavy atom. The summed E-state index contributed by atoms with van der Waals surface area (Å²) in [6.07, 6.45) is 2.58. The van der Waals surface area contributed by atoms with E-state index in [4.69, 9.17) is 4.74 Å². The Hall–Kier alpha value is -0.0800. The Morgan fingerprint density at radius 3 is 2.90 bits per heavy atom. The quantitative estimate of drug-likeness (QED) is 0.582. The van der Waals surface area contributed by atoms with Gasteiger partial charge in [-0.25, -0.2) is 0 Å². The lowest BCUT2D eigenvalue weighted by Gasteiger charge is -2.43. The molecule has 0 amide bonds. The molecule has 2 unspecified atom stereocenters. The van der Waals surface area contributed by atoms with Crippen molar-refractivity contribution in [2.75, 3.05) is 19.8 Å². The van der Waals surface area contributed by atoms with Crippen molar-refractivity contribution in [3.63, 3.8) is 0 Å². The van der Waals surface area contributed by atoms with Crippen LogP contribution < -0.4 is 5.32 Å². The Labute approximate surface area is 61.9 Å². The van der Waals surface area contributed by atoms with E-state index < -0.39 is 0 Å². The van der Waals surface area contributed by atoms with Crippen LogP contribution in [0, 0.1) is 5.92 Å². The highest BCUT2D eigenvalue weighted by Crippen LogP contribution is 2.35. The van der Waals surface area contributed by atoms with Gasteiger partial charge in [-0.1, -0.05) is 6.92 Å². The summed E-state index contributed by atoms with van der Waals surface area (Å²) >= 11 is 0. The fourth-order valence-electron chi connectivity index (χ4n) is 2.09. The molecule has 2 nitrogen and oxygen atoms in total. The first kappa shape index (κ1) is 6.62. The molecule has 0 aromatic rings. The van der Waals surface area contributed by atoms with Crippen molar-refractivity contribution in [1.29, 1.82) is 0 Å². The van der Waals surface area contributed by atoms with E-state index in [2.05, 4.69) is 12.2 Å². The van der Waals surface area contributed by atoms with Crippen molar-refractivity contribution in [3.05, 3.63) is 0 Å². The van der Waals surface area contributed by atoms with E-state index >= 15 is 0 Å². The van der Waals surface area contributed by atoms with E-state index in [0.717, 1.165) is 19.1 Å². The summed E-state index contributed by atoms with van der Waals surface area (Å²) < 4.78 is 5.44.